The molecule has 0 aromatic carbocycles. The van der Waals surface area contributed by atoms with Gasteiger partial charge in [0, 0.05) is 14.2 Å². The summed E-state index contributed by atoms with van der Waals surface area (Å²) in [6.45, 7) is 0. The topological polar surface area (TPSA) is 44.5 Å². The Balaban J connectivity index is 2.53. The fourth-order valence-corrected chi connectivity index (χ4v) is 1.73. The van der Waals surface area contributed by atoms with Crippen LogP contribution in [-0.4, -0.2) is 26.6 Å². The summed E-state index contributed by atoms with van der Waals surface area (Å²) in [4.78, 5) is 0. The lowest BCUT2D eigenvalue weighted by Gasteiger charge is -2.25. The van der Waals surface area contributed by atoms with E-state index in [1.54, 1.807) is 14.2 Å². The van der Waals surface area contributed by atoms with Gasteiger partial charge in [0.2, 0.25) is 0 Å². The highest BCUT2D eigenvalue weighted by Crippen LogP contribution is 2.21. The van der Waals surface area contributed by atoms with Crippen molar-refractivity contribution in [3.63, 3.8) is 0 Å². The molecule has 2 N–H and O–H groups in total. The zero-order chi connectivity index (χ0) is 9.68. The minimum Gasteiger partial charge on any atom is -0.354 e. The van der Waals surface area contributed by atoms with Gasteiger partial charge in [0.15, 0.2) is 6.29 Å². The second-order valence-corrected chi connectivity index (χ2v) is 3.39. The molecule has 1 unspecified atom stereocenters. The summed E-state index contributed by atoms with van der Waals surface area (Å²) in [6, 6.07) is -0.102. The van der Waals surface area contributed by atoms with Crippen molar-refractivity contribution in [1.82, 2.24) is 0 Å². The number of nitrogens with two attached hydrogens (primary N) is 1. The van der Waals surface area contributed by atoms with Crippen LogP contribution in [0.3, 0.4) is 0 Å². The molecule has 3 nitrogen and oxygen atoms in total. The molecule has 3 heteroatoms. The maximum absolute atomic E-state index is 6.00. The van der Waals surface area contributed by atoms with E-state index in [1.807, 2.05) is 0 Å². The summed E-state index contributed by atoms with van der Waals surface area (Å²) < 4.78 is 10.3. The van der Waals surface area contributed by atoms with Gasteiger partial charge >= 0.3 is 0 Å². The molecule has 76 valence electrons. The van der Waals surface area contributed by atoms with E-state index in [-0.39, 0.29) is 12.3 Å². The summed E-state index contributed by atoms with van der Waals surface area (Å²) in [7, 11) is 3.24. The zero-order valence-electron chi connectivity index (χ0n) is 8.45. The van der Waals surface area contributed by atoms with Gasteiger partial charge in [-0.1, -0.05) is 11.6 Å². The van der Waals surface area contributed by atoms with Gasteiger partial charge in [-0.05, 0) is 25.7 Å². The summed E-state index contributed by atoms with van der Waals surface area (Å²) in [5.41, 5.74) is 7.27. The summed E-state index contributed by atoms with van der Waals surface area (Å²) >= 11 is 0. The second-order valence-electron chi connectivity index (χ2n) is 3.39. The van der Waals surface area contributed by atoms with Gasteiger partial charge < -0.3 is 15.2 Å². The van der Waals surface area contributed by atoms with Crippen molar-refractivity contribution >= 4 is 0 Å². The van der Waals surface area contributed by atoms with E-state index >= 15 is 0 Å². The van der Waals surface area contributed by atoms with E-state index < -0.39 is 0 Å². The largest absolute Gasteiger partial charge is 0.354 e. The van der Waals surface area contributed by atoms with Crippen LogP contribution in [0.4, 0.5) is 0 Å². The van der Waals surface area contributed by atoms with Crippen molar-refractivity contribution in [1.29, 1.82) is 0 Å². The lowest BCUT2D eigenvalue weighted by Crippen LogP contribution is -2.39. The fourth-order valence-electron chi connectivity index (χ4n) is 1.73. The average molecular weight is 185 g/mol. The van der Waals surface area contributed by atoms with Gasteiger partial charge in [-0.25, -0.2) is 0 Å². The normalized spacial score (nSPS) is 20.2. The molecule has 0 aromatic rings. The maximum atomic E-state index is 6.00. The first-order chi connectivity index (χ1) is 6.29. The number of allylic oxidation sites excluding steroid dienone is 1. The Bertz CT molecular complexity index is 176. The van der Waals surface area contributed by atoms with E-state index in [9.17, 15) is 0 Å². The summed E-state index contributed by atoms with van der Waals surface area (Å²) in [5, 5.41) is 0. The molecule has 0 heterocycles. The molecule has 0 radical (unpaired) electrons. The van der Waals surface area contributed by atoms with E-state index in [0.717, 1.165) is 12.8 Å². The van der Waals surface area contributed by atoms with Crippen molar-refractivity contribution in [2.45, 2.75) is 38.0 Å². The Morgan fingerprint density at radius 3 is 2.46 bits per heavy atom. The molecule has 0 saturated heterocycles. The van der Waals surface area contributed by atoms with Crippen LogP contribution in [0, 0.1) is 0 Å². The Hall–Kier alpha value is -0.380. The van der Waals surface area contributed by atoms with Crippen LogP contribution < -0.4 is 5.73 Å². The van der Waals surface area contributed by atoms with E-state index in [1.165, 1.54) is 18.4 Å². The van der Waals surface area contributed by atoms with Crippen molar-refractivity contribution in [3.8, 4) is 0 Å². The lowest BCUT2D eigenvalue weighted by atomic mass is 9.94. The van der Waals surface area contributed by atoms with E-state index in [4.69, 9.17) is 15.2 Å². The van der Waals surface area contributed by atoms with Crippen LogP contribution in [0.1, 0.15) is 25.7 Å². The highest BCUT2D eigenvalue weighted by molar-refractivity contribution is 5.13. The van der Waals surface area contributed by atoms with Crippen LogP contribution in [-0.2, 0) is 9.47 Å². The van der Waals surface area contributed by atoms with E-state index in [2.05, 4.69) is 6.08 Å². The van der Waals surface area contributed by atoms with Crippen LogP contribution in [0.2, 0.25) is 0 Å². The van der Waals surface area contributed by atoms with Crippen LogP contribution in [0.5, 0.6) is 0 Å². The highest BCUT2D eigenvalue weighted by Gasteiger charge is 2.21. The quantitative estimate of drug-likeness (QED) is 0.532. The van der Waals surface area contributed by atoms with Crippen LogP contribution >= 0.6 is 0 Å². The second kappa shape index (κ2) is 5.37. The van der Waals surface area contributed by atoms with Crippen molar-refractivity contribution in [2.24, 2.45) is 5.73 Å². The molecule has 13 heavy (non-hydrogen) atoms. The van der Waals surface area contributed by atoms with Gasteiger partial charge in [0.25, 0.3) is 0 Å². The van der Waals surface area contributed by atoms with Crippen molar-refractivity contribution < 1.29 is 9.47 Å². The first kappa shape index (κ1) is 10.7. The average Bonchev–Trinajstić information content (AvgIpc) is 2.21. The summed E-state index contributed by atoms with van der Waals surface area (Å²) in [5.74, 6) is 0. The van der Waals surface area contributed by atoms with Gasteiger partial charge in [-0.3, -0.25) is 0 Å². The maximum Gasteiger partial charge on any atom is 0.175 e. The third-order valence-electron chi connectivity index (χ3n) is 2.51. The molecular weight excluding hydrogens is 166 g/mol. The van der Waals surface area contributed by atoms with Crippen molar-refractivity contribution in [3.05, 3.63) is 11.6 Å². The molecule has 1 rings (SSSR count). The van der Waals surface area contributed by atoms with Gasteiger partial charge in [-0.2, -0.15) is 0 Å². The lowest BCUT2D eigenvalue weighted by molar-refractivity contribution is -0.110. The van der Waals surface area contributed by atoms with Gasteiger partial charge in [-0.15, -0.1) is 0 Å². The molecule has 1 aliphatic rings. The predicted octanol–water partition coefficient (Wildman–Crippen LogP) is 1.43. The molecule has 0 spiro atoms. The standard InChI is InChI=1S/C10H19NO2/c1-12-10(13-2)9(11)8-6-4-3-5-7-8/h6,9-10H,3-5,7,11H2,1-2H3. The minimum atomic E-state index is -0.302. The molecule has 1 aliphatic carbocycles. The zero-order valence-corrected chi connectivity index (χ0v) is 8.45. The Kier molecular flexibility index (Phi) is 4.42. The first-order valence-corrected chi connectivity index (χ1v) is 4.79. The van der Waals surface area contributed by atoms with Crippen LogP contribution in [0.25, 0.3) is 0 Å². The molecule has 0 saturated carbocycles. The third kappa shape index (κ3) is 2.79. The molecule has 1 atom stereocenters. The molecule has 0 amide bonds. The molecule has 0 fully saturated rings. The Labute approximate surface area is 79.9 Å². The SMILES string of the molecule is COC(OC)C(N)C1=CCCCC1. The van der Waals surface area contributed by atoms with Gasteiger partial charge in [0.05, 0.1) is 6.04 Å². The molecular formula is C10H19NO2. The Morgan fingerprint density at radius 1 is 1.31 bits per heavy atom. The Morgan fingerprint density at radius 2 is 2.00 bits per heavy atom. The predicted molar refractivity (Wildman–Crippen MR) is 52.3 cm³/mol. The number of rotatable bonds is 4. The third-order valence-corrected chi connectivity index (χ3v) is 2.51. The van der Waals surface area contributed by atoms with E-state index in [0.29, 0.717) is 0 Å². The monoisotopic (exact) mass is 185 g/mol. The highest BCUT2D eigenvalue weighted by atomic mass is 16.7. The van der Waals surface area contributed by atoms with Crippen molar-refractivity contribution in [2.75, 3.05) is 14.2 Å². The number of hydrogen-bond acceptors (Lipinski definition) is 3. The number of methoxy groups -OCH3 is 2. The molecule has 0 aromatic heterocycles. The molecule has 0 bridgehead atoms. The first-order valence-electron chi connectivity index (χ1n) is 4.79. The fraction of sp³-hybridized carbons (Fsp3) is 0.800. The smallest absolute Gasteiger partial charge is 0.175 e. The molecule has 0 aliphatic heterocycles. The minimum absolute atomic E-state index is 0.102. The number of hydrogen-bond donors (Lipinski definition) is 1. The summed E-state index contributed by atoms with van der Waals surface area (Å²) in [6.07, 6.45) is 6.66. The van der Waals surface area contributed by atoms with Gasteiger partial charge in [0.1, 0.15) is 0 Å². The van der Waals surface area contributed by atoms with Crippen LogP contribution in [0.15, 0.2) is 11.6 Å². The number of ether oxygens (including phenoxy) is 2.